The van der Waals surface area contributed by atoms with Gasteiger partial charge >= 0.3 is 6.03 Å². The summed E-state index contributed by atoms with van der Waals surface area (Å²) in [6, 6.07) is -0.274. The van der Waals surface area contributed by atoms with Gasteiger partial charge in [0.15, 0.2) is 0 Å². The number of thioether (sulfide) groups is 1. The number of imide groups is 1. The van der Waals surface area contributed by atoms with Crippen molar-refractivity contribution in [3.8, 4) is 0 Å². The Balaban J connectivity index is 1.65. The smallest absolute Gasteiger partial charge is 0.322 e. The van der Waals surface area contributed by atoms with Crippen LogP contribution in [0.25, 0.3) is 0 Å². The van der Waals surface area contributed by atoms with Gasteiger partial charge in [0.25, 0.3) is 5.91 Å². The Labute approximate surface area is 138 Å². The quantitative estimate of drug-likeness (QED) is 0.838. The first-order valence-electron chi connectivity index (χ1n) is 7.65. The van der Waals surface area contributed by atoms with E-state index >= 15 is 0 Å². The largest absolute Gasteiger partial charge is 0.325 e. The molecule has 0 aromatic carbocycles. The summed E-state index contributed by atoms with van der Waals surface area (Å²) in [6.45, 7) is 4.68. The van der Waals surface area contributed by atoms with Crippen LogP contribution in [0.15, 0.2) is 5.38 Å². The Morgan fingerprint density at radius 2 is 2.27 bits per heavy atom. The maximum atomic E-state index is 12.6. The minimum absolute atomic E-state index is 0.0840. The van der Waals surface area contributed by atoms with Crippen LogP contribution < -0.4 is 5.32 Å². The average Bonchev–Trinajstić information content (AvgIpc) is 3.15. The van der Waals surface area contributed by atoms with Crippen LogP contribution in [0.3, 0.4) is 0 Å². The third-order valence-corrected chi connectivity index (χ3v) is 6.27. The lowest BCUT2D eigenvalue weighted by Gasteiger charge is -2.18. The molecule has 0 saturated carbocycles. The molecule has 1 spiro atoms. The van der Waals surface area contributed by atoms with Gasteiger partial charge in [-0.05, 0) is 30.9 Å². The molecule has 1 aromatic rings. The molecule has 1 aromatic heterocycles. The molecule has 2 fully saturated rings. The zero-order valence-corrected chi connectivity index (χ0v) is 14.6. The van der Waals surface area contributed by atoms with Crippen LogP contribution in [-0.4, -0.2) is 38.9 Å². The van der Waals surface area contributed by atoms with Gasteiger partial charge in [-0.25, -0.2) is 9.78 Å². The van der Waals surface area contributed by atoms with E-state index in [-0.39, 0.29) is 18.5 Å². The number of nitrogens with one attached hydrogen (secondary N) is 1. The molecular formula is C15H21N3O2S2. The number of carbonyl (C=O) groups is 2. The Hall–Kier alpha value is -1.08. The number of amides is 3. The second-order valence-corrected chi connectivity index (χ2v) is 8.42. The number of aromatic nitrogens is 1. The van der Waals surface area contributed by atoms with Crippen LogP contribution in [-0.2, 0) is 17.8 Å². The van der Waals surface area contributed by atoms with Crippen molar-refractivity contribution in [1.29, 1.82) is 0 Å². The normalized spacial score (nSPS) is 24.8. The maximum absolute atomic E-state index is 12.6. The van der Waals surface area contributed by atoms with Crippen molar-refractivity contribution in [2.24, 2.45) is 5.92 Å². The van der Waals surface area contributed by atoms with Crippen molar-refractivity contribution in [3.63, 3.8) is 0 Å². The van der Waals surface area contributed by atoms with Crippen molar-refractivity contribution < 1.29 is 9.59 Å². The van der Waals surface area contributed by atoms with Crippen LogP contribution in [0.1, 0.15) is 37.4 Å². The van der Waals surface area contributed by atoms with E-state index in [1.54, 1.807) is 23.1 Å². The summed E-state index contributed by atoms with van der Waals surface area (Å²) in [7, 11) is 0. The standard InChI is InChI=1S/C15H21N3O2S2/c1-10(2)3-4-12-16-11(8-22-12)7-18-13(19)15(17-14(18)20)5-6-21-9-15/h8,10H,3-7,9H2,1-2H3,(H,17,20). The monoisotopic (exact) mass is 339 g/mol. The van der Waals surface area contributed by atoms with Crippen molar-refractivity contribution in [1.82, 2.24) is 15.2 Å². The Morgan fingerprint density at radius 3 is 2.95 bits per heavy atom. The topological polar surface area (TPSA) is 62.3 Å². The molecule has 0 bridgehead atoms. The SMILES string of the molecule is CC(C)CCc1nc(CN2C(=O)NC3(CCSC3)C2=O)cs1. The number of hydrogen-bond acceptors (Lipinski definition) is 5. The minimum Gasteiger partial charge on any atom is -0.322 e. The molecule has 2 aliphatic heterocycles. The lowest BCUT2D eigenvalue weighted by molar-refractivity contribution is -0.130. The number of hydrogen-bond donors (Lipinski definition) is 1. The number of rotatable bonds is 5. The highest BCUT2D eigenvalue weighted by molar-refractivity contribution is 7.99. The molecule has 3 amide bonds. The van der Waals surface area contributed by atoms with E-state index in [4.69, 9.17) is 0 Å². The van der Waals surface area contributed by atoms with Gasteiger partial charge in [-0.3, -0.25) is 9.69 Å². The minimum atomic E-state index is -0.655. The van der Waals surface area contributed by atoms with E-state index in [9.17, 15) is 9.59 Å². The molecule has 2 aliphatic rings. The molecule has 5 nitrogen and oxygen atoms in total. The fourth-order valence-electron chi connectivity index (χ4n) is 2.76. The van der Waals surface area contributed by atoms with Gasteiger partial charge in [0.2, 0.25) is 0 Å². The van der Waals surface area contributed by atoms with E-state index < -0.39 is 5.54 Å². The lowest BCUT2D eigenvalue weighted by atomic mass is 9.99. The summed E-state index contributed by atoms with van der Waals surface area (Å²) < 4.78 is 0. The van der Waals surface area contributed by atoms with Crippen molar-refractivity contribution in [3.05, 3.63) is 16.1 Å². The highest BCUT2D eigenvalue weighted by Gasteiger charge is 2.52. The van der Waals surface area contributed by atoms with Gasteiger partial charge in [0, 0.05) is 11.1 Å². The van der Waals surface area contributed by atoms with E-state index in [1.165, 1.54) is 4.90 Å². The summed E-state index contributed by atoms with van der Waals surface area (Å²) in [5, 5.41) is 5.94. The molecule has 0 radical (unpaired) electrons. The van der Waals surface area contributed by atoms with Crippen LogP contribution in [0, 0.1) is 5.92 Å². The predicted molar refractivity (Wildman–Crippen MR) is 89.0 cm³/mol. The van der Waals surface area contributed by atoms with Crippen LogP contribution in [0.5, 0.6) is 0 Å². The molecule has 22 heavy (non-hydrogen) atoms. The summed E-state index contributed by atoms with van der Waals surface area (Å²) >= 11 is 3.34. The number of urea groups is 1. The first-order chi connectivity index (χ1) is 10.5. The second-order valence-electron chi connectivity index (χ2n) is 6.37. The van der Waals surface area contributed by atoms with E-state index in [2.05, 4.69) is 24.1 Å². The maximum Gasteiger partial charge on any atom is 0.325 e. The first kappa shape index (κ1) is 15.8. The Bertz CT molecular complexity index is 579. The van der Waals surface area contributed by atoms with E-state index in [1.807, 2.05) is 5.38 Å². The van der Waals surface area contributed by atoms with Crippen molar-refractivity contribution >= 4 is 35.0 Å². The Kier molecular flexibility index (Phi) is 4.45. The van der Waals surface area contributed by atoms with Crippen LogP contribution in [0.4, 0.5) is 4.79 Å². The summed E-state index contributed by atoms with van der Waals surface area (Å²) in [4.78, 5) is 30.6. The molecular weight excluding hydrogens is 318 g/mol. The van der Waals surface area contributed by atoms with Crippen LogP contribution in [0.2, 0.25) is 0 Å². The number of nitrogens with zero attached hydrogens (tertiary/aromatic N) is 2. The van der Waals surface area contributed by atoms with Crippen molar-refractivity contribution in [2.45, 2.75) is 45.2 Å². The molecule has 120 valence electrons. The molecule has 1 atom stereocenters. The summed E-state index contributed by atoms with van der Waals surface area (Å²) in [5.41, 5.74) is 0.160. The van der Waals surface area contributed by atoms with E-state index in [0.717, 1.165) is 35.7 Å². The zero-order chi connectivity index (χ0) is 15.7. The number of carbonyl (C=O) groups excluding carboxylic acids is 2. The van der Waals surface area contributed by atoms with Gasteiger partial charge < -0.3 is 5.32 Å². The molecule has 1 unspecified atom stereocenters. The second kappa shape index (κ2) is 6.20. The fourth-order valence-corrected chi connectivity index (χ4v) is 4.89. The third-order valence-electron chi connectivity index (χ3n) is 4.12. The molecule has 7 heteroatoms. The molecule has 3 rings (SSSR count). The van der Waals surface area contributed by atoms with Gasteiger partial charge in [-0.1, -0.05) is 13.8 Å². The lowest BCUT2D eigenvalue weighted by Crippen LogP contribution is -2.46. The summed E-state index contributed by atoms with van der Waals surface area (Å²) in [6.07, 6.45) is 2.80. The molecule has 3 heterocycles. The summed E-state index contributed by atoms with van der Waals surface area (Å²) in [5.74, 6) is 2.18. The average molecular weight is 339 g/mol. The van der Waals surface area contributed by atoms with Gasteiger partial charge in [0.05, 0.1) is 17.2 Å². The molecule has 2 saturated heterocycles. The van der Waals surface area contributed by atoms with Gasteiger partial charge in [-0.2, -0.15) is 11.8 Å². The fraction of sp³-hybridized carbons (Fsp3) is 0.667. The predicted octanol–water partition coefficient (Wildman–Crippen LogP) is 2.66. The van der Waals surface area contributed by atoms with E-state index in [0.29, 0.717) is 11.7 Å². The van der Waals surface area contributed by atoms with Gasteiger partial charge in [0.1, 0.15) is 5.54 Å². The van der Waals surface area contributed by atoms with Crippen LogP contribution >= 0.6 is 23.1 Å². The first-order valence-corrected chi connectivity index (χ1v) is 9.69. The number of thiazole rings is 1. The highest BCUT2D eigenvalue weighted by Crippen LogP contribution is 2.34. The number of aryl methyl sites for hydroxylation is 1. The Morgan fingerprint density at radius 1 is 1.45 bits per heavy atom. The molecule has 1 N–H and O–H groups in total. The molecule has 0 aliphatic carbocycles. The van der Waals surface area contributed by atoms with Crippen molar-refractivity contribution in [2.75, 3.05) is 11.5 Å². The van der Waals surface area contributed by atoms with Gasteiger partial charge in [-0.15, -0.1) is 11.3 Å². The third kappa shape index (κ3) is 3.01. The zero-order valence-electron chi connectivity index (χ0n) is 12.9. The highest BCUT2D eigenvalue weighted by atomic mass is 32.2.